The fourth-order valence-corrected chi connectivity index (χ4v) is 2.78. The largest absolute Gasteiger partial charge is 0.379 e. The molecule has 5 heteroatoms. The average Bonchev–Trinajstić information content (AvgIpc) is 2.76. The SMILES string of the molecule is CC(CN1CCOCC1)NC(=O)C1CCNC1C. The number of amides is 1. The molecule has 0 saturated carbocycles. The van der Waals surface area contributed by atoms with Gasteiger partial charge in [0.2, 0.25) is 5.91 Å². The van der Waals surface area contributed by atoms with Crippen LogP contribution in [0.2, 0.25) is 0 Å². The summed E-state index contributed by atoms with van der Waals surface area (Å²) in [5.74, 6) is 0.338. The van der Waals surface area contributed by atoms with Gasteiger partial charge in [-0.05, 0) is 26.8 Å². The number of ether oxygens (including phenoxy) is 1. The lowest BCUT2D eigenvalue weighted by atomic mass is 10.0. The molecule has 2 saturated heterocycles. The first-order valence-corrected chi connectivity index (χ1v) is 7.00. The maximum atomic E-state index is 12.1. The van der Waals surface area contributed by atoms with Crippen LogP contribution in [0.4, 0.5) is 0 Å². The van der Waals surface area contributed by atoms with Gasteiger partial charge in [0.25, 0.3) is 0 Å². The molecule has 1 amide bonds. The Bertz CT molecular complexity index is 279. The average molecular weight is 255 g/mol. The molecule has 2 N–H and O–H groups in total. The molecule has 5 nitrogen and oxygen atoms in total. The van der Waals surface area contributed by atoms with Crippen LogP contribution in [0, 0.1) is 5.92 Å². The number of carbonyl (C=O) groups excluding carboxylic acids is 1. The Morgan fingerprint density at radius 2 is 2.22 bits per heavy atom. The summed E-state index contributed by atoms with van der Waals surface area (Å²) in [7, 11) is 0. The normalized spacial score (nSPS) is 31.2. The minimum absolute atomic E-state index is 0.136. The second-order valence-corrected chi connectivity index (χ2v) is 5.46. The van der Waals surface area contributed by atoms with Crippen LogP contribution in [-0.2, 0) is 9.53 Å². The van der Waals surface area contributed by atoms with E-state index in [0.29, 0.717) is 6.04 Å². The molecule has 0 aromatic heterocycles. The molecule has 3 unspecified atom stereocenters. The zero-order valence-electron chi connectivity index (χ0n) is 11.4. The van der Waals surface area contributed by atoms with Gasteiger partial charge in [-0.25, -0.2) is 0 Å². The van der Waals surface area contributed by atoms with E-state index >= 15 is 0 Å². The van der Waals surface area contributed by atoms with E-state index in [2.05, 4.69) is 29.4 Å². The highest BCUT2D eigenvalue weighted by Gasteiger charge is 2.30. The van der Waals surface area contributed by atoms with Crippen molar-refractivity contribution in [3.05, 3.63) is 0 Å². The maximum Gasteiger partial charge on any atom is 0.224 e. The molecular formula is C13H25N3O2. The third-order valence-corrected chi connectivity index (χ3v) is 3.89. The van der Waals surface area contributed by atoms with E-state index in [4.69, 9.17) is 4.74 Å². The molecule has 0 aromatic rings. The maximum absolute atomic E-state index is 12.1. The third kappa shape index (κ3) is 3.67. The molecule has 18 heavy (non-hydrogen) atoms. The molecule has 3 atom stereocenters. The van der Waals surface area contributed by atoms with Crippen LogP contribution in [0.1, 0.15) is 20.3 Å². The minimum atomic E-state index is 0.136. The van der Waals surface area contributed by atoms with Crippen LogP contribution in [0.25, 0.3) is 0 Å². The highest BCUT2D eigenvalue weighted by molar-refractivity contribution is 5.80. The smallest absolute Gasteiger partial charge is 0.224 e. The van der Waals surface area contributed by atoms with Gasteiger partial charge in [0.15, 0.2) is 0 Å². The number of hydrogen-bond acceptors (Lipinski definition) is 4. The van der Waals surface area contributed by atoms with Gasteiger partial charge in [-0.2, -0.15) is 0 Å². The first-order valence-electron chi connectivity index (χ1n) is 7.00. The van der Waals surface area contributed by atoms with E-state index < -0.39 is 0 Å². The van der Waals surface area contributed by atoms with Crippen LogP contribution < -0.4 is 10.6 Å². The van der Waals surface area contributed by atoms with Crippen molar-refractivity contribution in [3.8, 4) is 0 Å². The van der Waals surface area contributed by atoms with Crippen LogP contribution in [0.5, 0.6) is 0 Å². The molecule has 0 spiro atoms. The summed E-state index contributed by atoms with van der Waals surface area (Å²) in [6, 6.07) is 0.518. The molecule has 2 aliphatic heterocycles. The zero-order chi connectivity index (χ0) is 13.0. The highest BCUT2D eigenvalue weighted by Crippen LogP contribution is 2.15. The van der Waals surface area contributed by atoms with Gasteiger partial charge in [0.1, 0.15) is 0 Å². The molecule has 2 fully saturated rings. The van der Waals surface area contributed by atoms with Crippen LogP contribution in [0.15, 0.2) is 0 Å². The van der Waals surface area contributed by atoms with Gasteiger partial charge in [0, 0.05) is 31.7 Å². The Kier molecular flexibility index (Phi) is 4.97. The highest BCUT2D eigenvalue weighted by atomic mass is 16.5. The standard InChI is InChI=1S/C13H25N3O2/c1-10(9-16-5-7-18-8-6-16)15-13(17)12-3-4-14-11(12)2/h10-12,14H,3-9H2,1-2H3,(H,15,17). The lowest BCUT2D eigenvalue weighted by Crippen LogP contribution is -2.48. The first kappa shape index (κ1) is 13.8. The first-order chi connectivity index (χ1) is 8.66. The number of nitrogens with zero attached hydrogens (tertiary/aromatic N) is 1. The van der Waals surface area contributed by atoms with Gasteiger partial charge in [-0.15, -0.1) is 0 Å². The predicted octanol–water partition coefficient (Wildman–Crippen LogP) is -0.179. The lowest BCUT2D eigenvalue weighted by Gasteiger charge is -2.30. The van der Waals surface area contributed by atoms with Crippen molar-refractivity contribution in [2.75, 3.05) is 39.4 Å². The number of nitrogens with one attached hydrogen (secondary N) is 2. The number of rotatable bonds is 4. The summed E-state index contributed by atoms with van der Waals surface area (Å²) in [6.45, 7) is 9.61. The number of morpholine rings is 1. The van der Waals surface area contributed by atoms with Crippen molar-refractivity contribution in [1.82, 2.24) is 15.5 Å². The Labute approximate surface area is 109 Å². The fourth-order valence-electron chi connectivity index (χ4n) is 2.78. The van der Waals surface area contributed by atoms with Gasteiger partial charge in [-0.1, -0.05) is 0 Å². The van der Waals surface area contributed by atoms with Gasteiger partial charge >= 0.3 is 0 Å². The van der Waals surface area contributed by atoms with Crippen LogP contribution >= 0.6 is 0 Å². The quantitative estimate of drug-likeness (QED) is 0.732. The molecule has 0 aliphatic carbocycles. The van der Waals surface area contributed by atoms with E-state index in [-0.39, 0.29) is 17.9 Å². The molecule has 0 radical (unpaired) electrons. The molecule has 0 aromatic carbocycles. The summed E-state index contributed by atoms with van der Waals surface area (Å²) in [6.07, 6.45) is 0.956. The molecule has 2 heterocycles. The van der Waals surface area contributed by atoms with E-state index in [1.54, 1.807) is 0 Å². The number of hydrogen-bond donors (Lipinski definition) is 2. The Balaban J connectivity index is 1.72. The second-order valence-electron chi connectivity index (χ2n) is 5.46. The fraction of sp³-hybridized carbons (Fsp3) is 0.923. The van der Waals surface area contributed by atoms with Crippen molar-refractivity contribution >= 4 is 5.91 Å². The van der Waals surface area contributed by atoms with Crippen LogP contribution in [-0.4, -0.2) is 62.3 Å². The third-order valence-electron chi connectivity index (χ3n) is 3.89. The van der Waals surface area contributed by atoms with Gasteiger partial charge in [-0.3, -0.25) is 9.69 Å². The number of carbonyl (C=O) groups is 1. The summed E-state index contributed by atoms with van der Waals surface area (Å²) in [4.78, 5) is 14.5. The summed E-state index contributed by atoms with van der Waals surface area (Å²) >= 11 is 0. The molecule has 104 valence electrons. The second kappa shape index (κ2) is 6.50. The monoisotopic (exact) mass is 255 g/mol. The van der Waals surface area contributed by atoms with Crippen molar-refractivity contribution in [3.63, 3.8) is 0 Å². The van der Waals surface area contributed by atoms with E-state index in [1.165, 1.54) is 0 Å². The van der Waals surface area contributed by atoms with Gasteiger partial charge in [0.05, 0.1) is 19.1 Å². The Morgan fingerprint density at radius 1 is 1.50 bits per heavy atom. The van der Waals surface area contributed by atoms with Crippen molar-refractivity contribution in [2.24, 2.45) is 5.92 Å². The molecule has 2 rings (SSSR count). The summed E-state index contributed by atoms with van der Waals surface area (Å²) in [5.41, 5.74) is 0. The van der Waals surface area contributed by atoms with E-state index in [9.17, 15) is 4.79 Å². The zero-order valence-corrected chi connectivity index (χ0v) is 11.4. The van der Waals surface area contributed by atoms with Crippen molar-refractivity contribution in [1.29, 1.82) is 0 Å². The molecule has 2 aliphatic rings. The minimum Gasteiger partial charge on any atom is -0.379 e. The topological polar surface area (TPSA) is 53.6 Å². The summed E-state index contributed by atoms with van der Waals surface area (Å²) in [5, 5.41) is 6.46. The molecular weight excluding hydrogens is 230 g/mol. The van der Waals surface area contributed by atoms with Crippen LogP contribution in [0.3, 0.4) is 0 Å². The lowest BCUT2D eigenvalue weighted by molar-refractivity contribution is -0.125. The van der Waals surface area contributed by atoms with E-state index in [0.717, 1.165) is 45.8 Å². The molecule has 0 bridgehead atoms. The predicted molar refractivity (Wildman–Crippen MR) is 70.4 cm³/mol. The summed E-state index contributed by atoms with van der Waals surface area (Å²) < 4.78 is 5.32. The Hall–Kier alpha value is -0.650. The van der Waals surface area contributed by atoms with E-state index in [1.807, 2.05) is 0 Å². The Morgan fingerprint density at radius 3 is 2.83 bits per heavy atom. The van der Waals surface area contributed by atoms with Gasteiger partial charge < -0.3 is 15.4 Å². The van der Waals surface area contributed by atoms with Crippen molar-refractivity contribution in [2.45, 2.75) is 32.4 Å². The van der Waals surface area contributed by atoms with Crippen molar-refractivity contribution < 1.29 is 9.53 Å².